The SMILES string of the molecule is CNC(Cc1ccccc1C)Cc1cc(Cl)ccc1Cl. The molecule has 2 aromatic carbocycles. The summed E-state index contributed by atoms with van der Waals surface area (Å²) in [5.74, 6) is 0. The lowest BCUT2D eigenvalue weighted by Crippen LogP contribution is -2.30. The standard InChI is InChI=1S/C17H19Cl2N/c1-12-5-3-4-6-13(12)10-16(20-2)11-14-9-15(18)7-8-17(14)19/h3-9,16,20H,10-11H2,1-2H3. The van der Waals surface area contributed by atoms with E-state index in [1.54, 1.807) is 0 Å². The van der Waals surface area contributed by atoms with Crippen molar-refractivity contribution in [1.29, 1.82) is 0 Å². The molecule has 0 saturated heterocycles. The molecule has 0 heterocycles. The van der Waals surface area contributed by atoms with E-state index in [-0.39, 0.29) is 0 Å². The monoisotopic (exact) mass is 307 g/mol. The highest BCUT2D eigenvalue weighted by Gasteiger charge is 2.12. The highest BCUT2D eigenvalue weighted by Crippen LogP contribution is 2.23. The van der Waals surface area contributed by atoms with Gasteiger partial charge >= 0.3 is 0 Å². The van der Waals surface area contributed by atoms with Crippen molar-refractivity contribution in [2.75, 3.05) is 7.05 Å². The summed E-state index contributed by atoms with van der Waals surface area (Å²) in [4.78, 5) is 0. The van der Waals surface area contributed by atoms with Gasteiger partial charge in [0.15, 0.2) is 0 Å². The topological polar surface area (TPSA) is 12.0 Å². The third kappa shape index (κ3) is 3.99. The Kier molecular flexibility index (Phi) is 5.47. The minimum atomic E-state index is 0.340. The summed E-state index contributed by atoms with van der Waals surface area (Å²) in [7, 11) is 1.99. The molecule has 0 aliphatic rings. The minimum Gasteiger partial charge on any atom is -0.316 e. The van der Waals surface area contributed by atoms with Crippen molar-refractivity contribution >= 4 is 23.2 Å². The van der Waals surface area contributed by atoms with Crippen molar-refractivity contribution in [1.82, 2.24) is 5.32 Å². The van der Waals surface area contributed by atoms with E-state index in [1.165, 1.54) is 11.1 Å². The Morgan fingerprint density at radius 1 is 1.00 bits per heavy atom. The normalized spacial score (nSPS) is 12.4. The molecule has 0 aliphatic carbocycles. The molecule has 0 fully saturated rings. The molecule has 0 aromatic heterocycles. The molecule has 0 radical (unpaired) electrons. The maximum Gasteiger partial charge on any atom is 0.0439 e. The molecule has 0 saturated carbocycles. The smallest absolute Gasteiger partial charge is 0.0439 e. The van der Waals surface area contributed by atoms with Gasteiger partial charge in [-0.15, -0.1) is 0 Å². The van der Waals surface area contributed by atoms with Crippen LogP contribution in [0.4, 0.5) is 0 Å². The number of nitrogens with one attached hydrogen (secondary N) is 1. The predicted octanol–water partition coefficient (Wildman–Crippen LogP) is 4.68. The van der Waals surface area contributed by atoms with Crippen LogP contribution in [0.2, 0.25) is 10.0 Å². The number of hydrogen-bond donors (Lipinski definition) is 1. The van der Waals surface area contributed by atoms with Crippen LogP contribution in [-0.4, -0.2) is 13.1 Å². The highest BCUT2D eigenvalue weighted by molar-refractivity contribution is 6.33. The fraction of sp³-hybridized carbons (Fsp3) is 0.294. The van der Waals surface area contributed by atoms with Crippen LogP contribution >= 0.6 is 23.2 Å². The zero-order valence-corrected chi connectivity index (χ0v) is 13.3. The summed E-state index contributed by atoms with van der Waals surface area (Å²) < 4.78 is 0. The number of halogens is 2. The molecular formula is C17H19Cl2N. The van der Waals surface area contributed by atoms with Crippen LogP contribution in [0.25, 0.3) is 0 Å². The second-order valence-corrected chi connectivity index (χ2v) is 5.90. The van der Waals surface area contributed by atoms with Crippen molar-refractivity contribution in [2.45, 2.75) is 25.8 Å². The number of benzene rings is 2. The maximum absolute atomic E-state index is 6.25. The molecule has 1 N–H and O–H groups in total. The van der Waals surface area contributed by atoms with E-state index in [0.717, 1.165) is 28.5 Å². The molecule has 1 unspecified atom stereocenters. The fourth-order valence-corrected chi connectivity index (χ4v) is 2.74. The molecule has 1 nitrogen and oxygen atoms in total. The lowest BCUT2D eigenvalue weighted by Gasteiger charge is -2.18. The summed E-state index contributed by atoms with van der Waals surface area (Å²) in [5, 5.41) is 4.88. The average Bonchev–Trinajstić information content (AvgIpc) is 2.44. The molecule has 0 aliphatic heterocycles. The molecule has 0 bridgehead atoms. The molecule has 1 atom stereocenters. The van der Waals surface area contributed by atoms with Gasteiger partial charge in [-0.25, -0.2) is 0 Å². The molecule has 20 heavy (non-hydrogen) atoms. The number of hydrogen-bond acceptors (Lipinski definition) is 1. The third-order valence-corrected chi connectivity index (χ3v) is 4.21. The van der Waals surface area contributed by atoms with E-state index in [0.29, 0.717) is 6.04 Å². The van der Waals surface area contributed by atoms with E-state index in [4.69, 9.17) is 23.2 Å². The second-order valence-electron chi connectivity index (χ2n) is 5.06. The van der Waals surface area contributed by atoms with Crippen LogP contribution in [0, 0.1) is 6.92 Å². The minimum absolute atomic E-state index is 0.340. The van der Waals surface area contributed by atoms with E-state index < -0.39 is 0 Å². The van der Waals surface area contributed by atoms with Gasteiger partial charge in [0.1, 0.15) is 0 Å². The molecule has 2 rings (SSSR count). The summed E-state index contributed by atoms with van der Waals surface area (Å²) in [6.07, 6.45) is 1.84. The quantitative estimate of drug-likeness (QED) is 0.846. The Morgan fingerprint density at radius 3 is 2.40 bits per heavy atom. The van der Waals surface area contributed by atoms with E-state index in [2.05, 4.69) is 36.5 Å². The Hall–Kier alpha value is -1.02. The van der Waals surface area contributed by atoms with Gasteiger partial charge < -0.3 is 5.32 Å². The first kappa shape index (κ1) is 15.4. The number of likely N-dealkylation sites (N-methyl/N-ethyl adjacent to an activating group) is 1. The Bertz CT molecular complexity index is 581. The number of rotatable bonds is 5. The lowest BCUT2D eigenvalue weighted by molar-refractivity contribution is 0.555. The predicted molar refractivity (Wildman–Crippen MR) is 87.9 cm³/mol. The van der Waals surface area contributed by atoms with E-state index >= 15 is 0 Å². The van der Waals surface area contributed by atoms with Gasteiger partial charge in [-0.05, 0) is 61.7 Å². The van der Waals surface area contributed by atoms with Gasteiger partial charge in [0.2, 0.25) is 0 Å². The lowest BCUT2D eigenvalue weighted by atomic mass is 9.96. The van der Waals surface area contributed by atoms with Gasteiger partial charge in [0.05, 0.1) is 0 Å². The maximum atomic E-state index is 6.25. The van der Waals surface area contributed by atoms with Crippen LogP contribution in [0.5, 0.6) is 0 Å². The van der Waals surface area contributed by atoms with Crippen LogP contribution < -0.4 is 5.32 Å². The van der Waals surface area contributed by atoms with Crippen molar-refractivity contribution in [3.05, 3.63) is 69.2 Å². The van der Waals surface area contributed by atoms with Crippen molar-refractivity contribution < 1.29 is 0 Å². The van der Waals surface area contributed by atoms with E-state index in [9.17, 15) is 0 Å². The zero-order chi connectivity index (χ0) is 14.5. The highest BCUT2D eigenvalue weighted by atomic mass is 35.5. The third-order valence-electron chi connectivity index (χ3n) is 3.61. The molecule has 2 aromatic rings. The van der Waals surface area contributed by atoms with Crippen LogP contribution in [-0.2, 0) is 12.8 Å². The van der Waals surface area contributed by atoms with Gasteiger partial charge in [0, 0.05) is 16.1 Å². The Morgan fingerprint density at radius 2 is 1.70 bits per heavy atom. The first-order valence-corrected chi connectivity index (χ1v) is 7.51. The first-order chi connectivity index (χ1) is 9.60. The fourth-order valence-electron chi connectivity index (χ4n) is 2.35. The molecule has 3 heteroatoms. The number of aryl methyl sites for hydroxylation is 1. The largest absolute Gasteiger partial charge is 0.316 e. The second kappa shape index (κ2) is 7.12. The van der Waals surface area contributed by atoms with Gasteiger partial charge in [0.25, 0.3) is 0 Å². The summed E-state index contributed by atoms with van der Waals surface area (Å²) in [6, 6.07) is 14.5. The molecule has 0 amide bonds. The summed E-state index contributed by atoms with van der Waals surface area (Å²) in [6.45, 7) is 2.15. The molecule has 0 spiro atoms. The first-order valence-electron chi connectivity index (χ1n) is 6.76. The van der Waals surface area contributed by atoms with Gasteiger partial charge in [-0.2, -0.15) is 0 Å². The summed E-state index contributed by atoms with van der Waals surface area (Å²) >= 11 is 12.3. The zero-order valence-electron chi connectivity index (χ0n) is 11.8. The van der Waals surface area contributed by atoms with E-state index in [1.807, 2.05) is 25.2 Å². The molecular weight excluding hydrogens is 289 g/mol. The van der Waals surface area contributed by atoms with Crippen molar-refractivity contribution in [3.8, 4) is 0 Å². The molecule has 106 valence electrons. The Balaban J connectivity index is 2.13. The van der Waals surface area contributed by atoms with Crippen LogP contribution in [0.3, 0.4) is 0 Å². The van der Waals surface area contributed by atoms with Crippen LogP contribution in [0.1, 0.15) is 16.7 Å². The van der Waals surface area contributed by atoms with Crippen molar-refractivity contribution in [3.63, 3.8) is 0 Å². The average molecular weight is 308 g/mol. The Labute approximate surface area is 130 Å². The van der Waals surface area contributed by atoms with Gasteiger partial charge in [-0.1, -0.05) is 47.5 Å². The van der Waals surface area contributed by atoms with Crippen molar-refractivity contribution in [2.24, 2.45) is 0 Å². The summed E-state index contributed by atoms with van der Waals surface area (Å²) in [5.41, 5.74) is 3.78. The van der Waals surface area contributed by atoms with Crippen LogP contribution in [0.15, 0.2) is 42.5 Å². The van der Waals surface area contributed by atoms with Gasteiger partial charge in [-0.3, -0.25) is 0 Å².